The first kappa shape index (κ1) is 17.3. The molecule has 0 aliphatic heterocycles. The van der Waals surface area contributed by atoms with Crippen molar-refractivity contribution in [1.82, 2.24) is 0 Å². The van der Waals surface area contributed by atoms with Gasteiger partial charge in [-0.2, -0.15) is 5.26 Å². The molecular weight excluding hydrogens is 352 g/mol. The van der Waals surface area contributed by atoms with Gasteiger partial charge < -0.3 is 9.84 Å². The molecule has 1 N–H and O–H groups in total. The average molecular weight is 365 g/mol. The molecule has 1 aliphatic rings. The first-order valence-electron chi connectivity index (χ1n) is 7.36. The van der Waals surface area contributed by atoms with Crippen molar-refractivity contribution in [2.75, 3.05) is 0 Å². The van der Waals surface area contributed by atoms with E-state index in [0.717, 1.165) is 12.1 Å². The Kier molecular flexibility index (Phi) is 4.70. The molecule has 0 amide bonds. The van der Waals surface area contributed by atoms with Gasteiger partial charge in [0.25, 0.3) is 0 Å². The zero-order chi connectivity index (χ0) is 18.1. The number of hydrogen-bond acceptors (Lipinski definition) is 5. The zero-order valence-electron chi connectivity index (χ0n) is 12.8. The van der Waals surface area contributed by atoms with E-state index < -0.39 is 28.8 Å². The largest absolute Gasteiger partial charge is 0.457 e. The highest BCUT2D eigenvalue weighted by atomic mass is 32.2. The first-order valence-corrected chi connectivity index (χ1v) is 8.72. The SMILES string of the molecule is N#Cc1cc(F)cc(Oc2ccc(C[SH](=O)=O)c3c2C[C@@H](F)[C@H]3O)c1. The lowest BCUT2D eigenvalue weighted by atomic mass is 10.0. The van der Waals surface area contributed by atoms with Gasteiger partial charge in [-0.1, -0.05) is 6.07 Å². The minimum absolute atomic E-state index is 0.0539. The van der Waals surface area contributed by atoms with Gasteiger partial charge in [0.2, 0.25) is 0 Å². The minimum atomic E-state index is -2.75. The maximum atomic E-state index is 14.0. The predicted molar refractivity (Wildman–Crippen MR) is 85.2 cm³/mol. The summed E-state index contributed by atoms with van der Waals surface area (Å²) in [6, 6.07) is 8.15. The second-order valence-electron chi connectivity index (χ2n) is 5.66. The molecular formula is C17H13F2NO4S. The molecule has 25 heavy (non-hydrogen) atoms. The number of aliphatic hydroxyl groups excluding tert-OH is 1. The van der Waals surface area contributed by atoms with Crippen LogP contribution in [0.1, 0.15) is 28.4 Å². The zero-order valence-corrected chi connectivity index (χ0v) is 13.7. The molecule has 0 fully saturated rings. The molecule has 2 aromatic rings. The fourth-order valence-corrected chi connectivity index (χ4v) is 3.50. The van der Waals surface area contributed by atoms with Gasteiger partial charge in [0.05, 0.1) is 17.4 Å². The van der Waals surface area contributed by atoms with Crippen LogP contribution in [0.25, 0.3) is 0 Å². The van der Waals surface area contributed by atoms with E-state index in [4.69, 9.17) is 10.00 Å². The Morgan fingerprint density at radius 1 is 1.32 bits per heavy atom. The summed E-state index contributed by atoms with van der Waals surface area (Å²) < 4.78 is 55.1. The van der Waals surface area contributed by atoms with Crippen LogP contribution in [0.3, 0.4) is 0 Å². The number of hydrogen-bond donors (Lipinski definition) is 2. The topological polar surface area (TPSA) is 87.4 Å². The van der Waals surface area contributed by atoms with Crippen LogP contribution >= 0.6 is 0 Å². The van der Waals surface area contributed by atoms with Crippen molar-refractivity contribution in [3.05, 3.63) is 58.4 Å². The third-order valence-electron chi connectivity index (χ3n) is 3.97. The number of fused-ring (bicyclic) bond motifs is 1. The predicted octanol–water partition coefficient (Wildman–Crippen LogP) is 2.53. The summed E-state index contributed by atoms with van der Waals surface area (Å²) in [5.41, 5.74) is 0.913. The molecule has 0 radical (unpaired) electrons. The van der Waals surface area contributed by atoms with Crippen LogP contribution in [0.4, 0.5) is 8.78 Å². The smallest absolute Gasteiger partial charge is 0.144 e. The monoisotopic (exact) mass is 365 g/mol. The molecule has 5 nitrogen and oxygen atoms in total. The van der Waals surface area contributed by atoms with Crippen molar-refractivity contribution in [2.45, 2.75) is 24.4 Å². The van der Waals surface area contributed by atoms with Gasteiger partial charge >= 0.3 is 0 Å². The van der Waals surface area contributed by atoms with Crippen molar-refractivity contribution in [3.63, 3.8) is 0 Å². The van der Waals surface area contributed by atoms with Gasteiger partial charge in [-0.15, -0.1) is 0 Å². The number of benzene rings is 2. The summed E-state index contributed by atoms with van der Waals surface area (Å²) in [5, 5.41) is 18.9. The molecule has 0 saturated heterocycles. The quantitative estimate of drug-likeness (QED) is 0.813. The van der Waals surface area contributed by atoms with Gasteiger partial charge in [-0.25, -0.2) is 17.2 Å². The third-order valence-corrected chi connectivity index (χ3v) is 4.57. The van der Waals surface area contributed by atoms with E-state index in [1.54, 1.807) is 6.07 Å². The van der Waals surface area contributed by atoms with E-state index in [1.807, 2.05) is 0 Å². The molecule has 0 spiro atoms. The van der Waals surface area contributed by atoms with E-state index in [1.165, 1.54) is 18.2 Å². The Hall–Kier alpha value is -2.50. The van der Waals surface area contributed by atoms with Gasteiger partial charge in [0.15, 0.2) is 0 Å². The fourth-order valence-electron chi connectivity index (χ4n) is 2.95. The van der Waals surface area contributed by atoms with Crippen molar-refractivity contribution in [1.29, 1.82) is 5.26 Å². The van der Waals surface area contributed by atoms with Crippen LogP contribution in [0.5, 0.6) is 11.5 Å². The van der Waals surface area contributed by atoms with Crippen molar-refractivity contribution >= 4 is 10.7 Å². The lowest BCUT2D eigenvalue weighted by Gasteiger charge is -2.14. The summed E-state index contributed by atoms with van der Waals surface area (Å²) >= 11 is 0. The average Bonchev–Trinajstić information content (AvgIpc) is 2.85. The molecule has 0 saturated carbocycles. The van der Waals surface area contributed by atoms with Crippen LogP contribution in [0.2, 0.25) is 0 Å². The second kappa shape index (κ2) is 6.78. The molecule has 2 aromatic carbocycles. The number of nitrogens with zero attached hydrogens (tertiary/aromatic N) is 1. The maximum Gasteiger partial charge on any atom is 0.144 e. The summed E-state index contributed by atoms with van der Waals surface area (Å²) in [5.74, 6) is -0.735. The van der Waals surface area contributed by atoms with Gasteiger partial charge in [0, 0.05) is 18.1 Å². The Balaban J connectivity index is 2.04. The molecule has 1 aliphatic carbocycles. The minimum Gasteiger partial charge on any atom is -0.457 e. The Bertz CT molecular complexity index is 944. The van der Waals surface area contributed by atoms with Crippen LogP contribution in [0.15, 0.2) is 30.3 Å². The number of rotatable bonds is 4. The lowest BCUT2D eigenvalue weighted by Crippen LogP contribution is -2.08. The van der Waals surface area contributed by atoms with Crippen molar-refractivity contribution in [2.24, 2.45) is 0 Å². The van der Waals surface area contributed by atoms with Crippen LogP contribution in [-0.4, -0.2) is 19.7 Å². The second-order valence-corrected chi connectivity index (χ2v) is 6.64. The lowest BCUT2D eigenvalue weighted by molar-refractivity contribution is 0.0921. The normalized spacial score (nSPS) is 18.8. The van der Waals surface area contributed by atoms with Gasteiger partial charge in [0.1, 0.15) is 40.3 Å². The Labute approximate surface area is 144 Å². The highest BCUT2D eigenvalue weighted by molar-refractivity contribution is 7.71. The van der Waals surface area contributed by atoms with Crippen molar-refractivity contribution in [3.8, 4) is 17.6 Å². The molecule has 0 aromatic heterocycles. The van der Waals surface area contributed by atoms with Crippen LogP contribution in [-0.2, 0) is 22.9 Å². The first-order chi connectivity index (χ1) is 11.9. The number of thiol groups is 1. The standard InChI is InChI=1S/C17H13F2NO4S/c18-11-3-9(7-20)4-12(5-11)24-15-2-1-10(8-25(22)23)16-13(15)6-14(19)17(16)21/h1-5,14,17,21,25H,6,8H2/t14-,17-/m1/s1. The molecule has 8 heteroatoms. The van der Waals surface area contributed by atoms with E-state index in [-0.39, 0.29) is 34.8 Å². The van der Waals surface area contributed by atoms with Gasteiger partial charge in [-0.05, 0) is 29.3 Å². The highest BCUT2D eigenvalue weighted by Gasteiger charge is 2.35. The number of nitriles is 1. The Morgan fingerprint density at radius 2 is 2.08 bits per heavy atom. The Morgan fingerprint density at radius 3 is 2.76 bits per heavy atom. The van der Waals surface area contributed by atoms with Crippen LogP contribution < -0.4 is 4.74 Å². The molecule has 3 rings (SSSR count). The molecule has 0 unspecified atom stereocenters. The number of ether oxygens (including phenoxy) is 1. The maximum absolute atomic E-state index is 14.0. The van der Waals surface area contributed by atoms with E-state index in [0.29, 0.717) is 11.1 Å². The van der Waals surface area contributed by atoms with E-state index in [2.05, 4.69) is 0 Å². The molecule has 0 bridgehead atoms. The molecule has 2 atom stereocenters. The van der Waals surface area contributed by atoms with E-state index in [9.17, 15) is 22.3 Å². The molecule has 0 heterocycles. The molecule has 130 valence electrons. The van der Waals surface area contributed by atoms with Gasteiger partial charge in [-0.3, -0.25) is 0 Å². The number of aliphatic hydroxyl groups is 1. The van der Waals surface area contributed by atoms with Crippen molar-refractivity contribution < 1.29 is 27.0 Å². The highest BCUT2D eigenvalue weighted by Crippen LogP contribution is 2.42. The van der Waals surface area contributed by atoms with E-state index >= 15 is 0 Å². The fraction of sp³-hybridized carbons (Fsp3) is 0.235. The summed E-state index contributed by atoms with van der Waals surface area (Å²) in [6.45, 7) is 0. The number of alkyl halides is 1. The summed E-state index contributed by atoms with van der Waals surface area (Å²) in [7, 11) is -2.75. The summed E-state index contributed by atoms with van der Waals surface area (Å²) in [6.07, 6.45) is -3.16. The third kappa shape index (κ3) is 3.48. The van der Waals surface area contributed by atoms with Crippen LogP contribution in [0, 0.1) is 17.1 Å². The summed E-state index contributed by atoms with van der Waals surface area (Å²) in [4.78, 5) is 0. The number of halogens is 2.